The lowest BCUT2D eigenvalue weighted by atomic mass is 9.97. The van der Waals surface area contributed by atoms with Gasteiger partial charge in [-0.05, 0) is 31.6 Å². The number of ether oxygens (including phenoxy) is 1. The first-order valence-corrected chi connectivity index (χ1v) is 8.45. The molecule has 1 saturated heterocycles. The lowest BCUT2D eigenvalue weighted by Gasteiger charge is -2.33. The van der Waals surface area contributed by atoms with Crippen LogP contribution in [0, 0.1) is 5.92 Å². The van der Waals surface area contributed by atoms with Gasteiger partial charge in [0.05, 0.1) is 7.11 Å². The number of imidazole rings is 1. The molecule has 0 aromatic carbocycles. The topological polar surface area (TPSA) is 56.1 Å². The minimum absolute atomic E-state index is 0.471. The second-order valence-corrected chi connectivity index (χ2v) is 6.58. The van der Waals surface area contributed by atoms with Gasteiger partial charge in [0.2, 0.25) is 5.88 Å². The van der Waals surface area contributed by atoms with E-state index in [1.54, 1.807) is 13.4 Å². The summed E-state index contributed by atoms with van der Waals surface area (Å²) in [6.45, 7) is 3.12. The number of piperidine rings is 1. The van der Waals surface area contributed by atoms with Crippen molar-refractivity contribution in [2.24, 2.45) is 5.92 Å². The van der Waals surface area contributed by atoms with Crippen LogP contribution >= 0.6 is 0 Å². The third-order valence-electron chi connectivity index (χ3n) is 4.85. The molecule has 0 amide bonds. The van der Waals surface area contributed by atoms with Crippen molar-refractivity contribution in [2.45, 2.75) is 38.1 Å². The average molecular weight is 313 g/mol. The Bertz CT molecular complexity index is 667. The molecule has 0 N–H and O–H groups in total. The summed E-state index contributed by atoms with van der Waals surface area (Å²) in [5.41, 5.74) is 0. The molecule has 3 heterocycles. The molecule has 0 spiro atoms. The van der Waals surface area contributed by atoms with Gasteiger partial charge >= 0.3 is 0 Å². The predicted molar refractivity (Wildman–Crippen MR) is 87.7 cm³/mol. The second-order valence-electron chi connectivity index (χ2n) is 6.58. The number of methoxy groups -OCH3 is 1. The molecule has 0 bridgehead atoms. The largest absolute Gasteiger partial charge is 0.481 e. The van der Waals surface area contributed by atoms with E-state index in [1.807, 2.05) is 12.3 Å². The quantitative estimate of drug-likeness (QED) is 0.849. The van der Waals surface area contributed by atoms with Crippen LogP contribution in [0.3, 0.4) is 0 Å². The van der Waals surface area contributed by atoms with E-state index in [-0.39, 0.29) is 0 Å². The Hall–Kier alpha value is -2.11. The third-order valence-corrected chi connectivity index (χ3v) is 4.85. The minimum Gasteiger partial charge on any atom is -0.481 e. The summed E-state index contributed by atoms with van der Waals surface area (Å²) in [6.07, 6.45) is 10.8. The van der Waals surface area contributed by atoms with Crippen molar-refractivity contribution in [3.63, 3.8) is 0 Å². The van der Waals surface area contributed by atoms with Crippen LogP contribution in [0.15, 0.2) is 24.8 Å². The highest BCUT2D eigenvalue weighted by molar-refractivity contribution is 5.41. The first kappa shape index (κ1) is 14.5. The van der Waals surface area contributed by atoms with Gasteiger partial charge < -0.3 is 14.2 Å². The number of hydrogen-bond acceptors (Lipinski definition) is 5. The molecule has 2 fully saturated rings. The van der Waals surface area contributed by atoms with Crippen LogP contribution < -0.4 is 9.64 Å². The van der Waals surface area contributed by atoms with Crippen molar-refractivity contribution in [1.82, 2.24) is 19.5 Å². The van der Waals surface area contributed by atoms with Crippen molar-refractivity contribution in [3.8, 4) is 5.88 Å². The van der Waals surface area contributed by atoms with Crippen LogP contribution in [0.25, 0.3) is 0 Å². The summed E-state index contributed by atoms with van der Waals surface area (Å²) in [5.74, 6) is 4.14. The monoisotopic (exact) mass is 313 g/mol. The van der Waals surface area contributed by atoms with E-state index in [9.17, 15) is 0 Å². The van der Waals surface area contributed by atoms with Crippen molar-refractivity contribution >= 4 is 5.82 Å². The Morgan fingerprint density at radius 1 is 1.22 bits per heavy atom. The van der Waals surface area contributed by atoms with E-state index in [1.165, 1.54) is 25.1 Å². The van der Waals surface area contributed by atoms with Gasteiger partial charge in [-0.15, -0.1) is 0 Å². The first-order chi connectivity index (χ1) is 11.3. The third kappa shape index (κ3) is 3.16. The van der Waals surface area contributed by atoms with Gasteiger partial charge in [-0.2, -0.15) is 0 Å². The van der Waals surface area contributed by atoms with Crippen LogP contribution in [-0.2, 0) is 6.54 Å². The zero-order valence-corrected chi connectivity index (χ0v) is 13.6. The lowest BCUT2D eigenvalue weighted by molar-refractivity contribution is 0.396. The molecule has 1 aliphatic carbocycles. The molecule has 6 heteroatoms. The standard InChI is InChI=1S/C17H23N5O/c1-23-16-9-15(19-12-20-16)21-7-2-3-14(11-21)17-18-6-8-22(17)10-13-4-5-13/h6,8-9,12-14H,2-5,7,10-11H2,1H3/t14-/m0/s1. The molecule has 122 valence electrons. The van der Waals surface area contributed by atoms with Gasteiger partial charge in [-0.3, -0.25) is 0 Å². The summed E-state index contributed by atoms with van der Waals surface area (Å²) >= 11 is 0. The van der Waals surface area contributed by atoms with Crippen LogP contribution in [0.2, 0.25) is 0 Å². The van der Waals surface area contributed by atoms with Gasteiger partial charge in [-0.25, -0.2) is 15.0 Å². The summed E-state index contributed by atoms with van der Waals surface area (Å²) in [5, 5.41) is 0. The minimum atomic E-state index is 0.471. The van der Waals surface area contributed by atoms with Crippen molar-refractivity contribution in [1.29, 1.82) is 0 Å². The van der Waals surface area contributed by atoms with Crippen LogP contribution in [0.4, 0.5) is 5.82 Å². The Balaban J connectivity index is 1.51. The van der Waals surface area contributed by atoms with E-state index in [0.717, 1.165) is 37.8 Å². The maximum absolute atomic E-state index is 5.22. The van der Waals surface area contributed by atoms with Crippen molar-refractivity contribution in [2.75, 3.05) is 25.1 Å². The fourth-order valence-corrected chi connectivity index (χ4v) is 3.42. The summed E-state index contributed by atoms with van der Waals surface area (Å²) in [7, 11) is 1.64. The smallest absolute Gasteiger partial charge is 0.218 e. The Labute approximate surface area is 136 Å². The molecule has 1 saturated carbocycles. The Morgan fingerprint density at radius 2 is 2.13 bits per heavy atom. The van der Waals surface area contributed by atoms with E-state index in [2.05, 4.69) is 30.6 Å². The molecule has 0 unspecified atom stereocenters. The normalized spacial score (nSPS) is 21.4. The molecule has 4 rings (SSSR count). The van der Waals surface area contributed by atoms with Gasteiger partial charge in [0.15, 0.2) is 0 Å². The summed E-state index contributed by atoms with van der Waals surface area (Å²) in [4.78, 5) is 15.5. The lowest BCUT2D eigenvalue weighted by Crippen LogP contribution is -2.36. The number of rotatable bonds is 5. The molecule has 23 heavy (non-hydrogen) atoms. The molecule has 6 nitrogen and oxygen atoms in total. The Kier molecular flexibility index (Phi) is 3.89. The molecular weight excluding hydrogens is 290 g/mol. The predicted octanol–water partition coefficient (Wildman–Crippen LogP) is 2.48. The summed E-state index contributed by atoms with van der Waals surface area (Å²) < 4.78 is 7.59. The molecule has 1 atom stereocenters. The fraction of sp³-hybridized carbons (Fsp3) is 0.588. The average Bonchev–Trinajstić information content (AvgIpc) is 3.30. The zero-order chi connectivity index (χ0) is 15.6. The van der Waals surface area contributed by atoms with E-state index in [4.69, 9.17) is 4.74 Å². The molecule has 2 aromatic rings. The van der Waals surface area contributed by atoms with Crippen molar-refractivity contribution in [3.05, 3.63) is 30.6 Å². The Morgan fingerprint density at radius 3 is 2.96 bits per heavy atom. The highest BCUT2D eigenvalue weighted by Gasteiger charge is 2.28. The number of nitrogens with zero attached hydrogens (tertiary/aromatic N) is 5. The zero-order valence-electron chi connectivity index (χ0n) is 13.6. The van der Waals surface area contributed by atoms with Gasteiger partial charge in [0.25, 0.3) is 0 Å². The van der Waals surface area contributed by atoms with E-state index < -0.39 is 0 Å². The van der Waals surface area contributed by atoms with Gasteiger partial charge in [0.1, 0.15) is 18.0 Å². The highest BCUT2D eigenvalue weighted by Crippen LogP contribution is 2.33. The van der Waals surface area contributed by atoms with Crippen molar-refractivity contribution < 1.29 is 4.74 Å². The molecule has 0 radical (unpaired) electrons. The molecule has 2 aromatic heterocycles. The van der Waals surface area contributed by atoms with Gasteiger partial charge in [-0.1, -0.05) is 0 Å². The van der Waals surface area contributed by atoms with Gasteiger partial charge in [0, 0.05) is 44.0 Å². The number of anilines is 1. The van der Waals surface area contributed by atoms with Crippen LogP contribution in [0.5, 0.6) is 5.88 Å². The number of hydrogen-bond donors (Lipinski definition) is 0. The maximum atomic E-state index is 5.22. The molecule has 2 aliphatic rings. The molecule has 1 aliphatic heterocycles. The fourth-order valence-electron chi connectivity index (χ4n) is 3.42. The van der Waals surface area contributed by atoms with E-state index in [0.29, 0.717) is 11.8 Å². The number of aromatic nitrogens is 4. The van der Waals surface area contributed by atoms with Crippen LogP contribution in [0.1, 0.15) is 37.4 Å². The summed E-state index contributed by atoms with van der Waals surface area (Å²) in [6, 6.07) is 1.92. The highest BCUT2D eigenvalue weighted by atomic mass is 16.5. The maximum Gasteiger partial charge on any atom is 0.218 e. The SMILES string of the molecule is COc1cc(N2CCC[C@H](c3nccn3CC3CC3)C2)ncn1. The second kappa shape index (κ2) is 6.18. The molecular formula is C17H23N5O. The van der Waals surface area contributed by atoms with E-state index >= 15 is 0 Å². The van der Waals surface area contributed by atoms with Crippen LogP contribution in [-0.4, -0.2) is 39.7 Å². The first-order valence-electron chi connectivity index (χ1n) is 8.45.